The third-order valence-corrected chi connectivity index (χ3v) is 1.45. The highest BCUT2D eigenvalue weighted by atomic mass is 31.2. The van der Waals surface area contributed by atoms with E-state index in [4.69, 9.17) is 10.00 Å². The van der Waals surface area contributed by atoms with Crippen molar-refractivity contribution in [1.82, 2.24) is 5.09 Å². The van der Waals surface area contributed by atoms with Gasteiger partial charge in [-0.25, -0.2) is 14.4 Å². The Hall–Kier alpha value is -0.580. The van der Waals surface area contributed by atoms with Crippen LogP contribution in [0.2, 0.25) is 0 Å². The first-order valence-electron chi connectivity index (χ1n) is 1.87. The molecule has 1 unspecified atom stereocenters. The molecule has 0 heterocycles. The van der Waals surface area contributed by atoms with Crippen molar-refractivity contribution in [3.63, 3.8) is 0 Å². The van der Waals surface area contributed by atoms with Gasteiger partial charge in [0.05, 0.1) is 0 Å². The summed E-state index contributed by atoms with van der Waals surface area (Å²) in [6.07, 6.45) is -1.59. The standard InChI is InChI=1S/C2H6NO5P/c1-8-9(6,7)3-2(4)5/h1H3,(H,4,5)(H2,3,6,7). The van der Waals surface area contributed by atoms with Crippen LogP contribution in [0.4, 0.5) is 4.79 Å². The van der Waals surface area contributed by atoms with Gasteiger partial charge < -0.3 is 10.00 Å². The Kier molecular flexibility index (Phi) is 2.64. The van der Waals surface area contributed by atoms with Crippen molar-refractivity contribution in [1.29, 1.82) is 0 Å². The van der Waals surface area contributed by atoms with Gasteiger partial charge in [-0.15, -0.1) is 0 Å². The Labute approximate surface area is 51.0 Å². The summed E-state index contributed by atoms with van der Waals surface area (Å²) in [4.78, 5) is 18.0. The zero-order chi connectivity index (χ0) is 7.49. The summed E-state index contributed by atoms with van der Waals surface area (Å²) < 4.78 is 14.1. The number of nitrogens with one attached hydrogen (secondary N) is 1. The van der Waals surface area contributed by atoms with E-state index in [0.29, 0.717) is 0 Å². The van der Waals surface area contributed by atoms with Gasteiger partial charge in [0, 0.05) is 7.11 Å². The minimum absolute atomic E-state index is 0.927. The first kappa shape index (κ1) is 8.42. The van der Waals surface area contributed by atoms with Crippen molar-refractivity contribution >= 4 is 13.8 Å². The van der Waals surface area contributed by atoms with Crippen LogP contribution in [0.15, 0.2) is 0 Å². The largest absolute Gasteiger partial charge is 0.465 e. The molecule has 0 saturated heterocycles. The molecule has 0 radical (unpaired) electrons. The van der Waals surface area contributed by atoms with E-state index in [0.717, 1.165) is 7.11 Å². The van der Waals surface area contributed by atoms with Crippen LogP contribution in [0.3, 0.4) is 0 Å². The first-order valence-corrected chi connectivity index (χ1v) is 3.45. The summed E-state index contributed by atoms with van der Waals surface area (Å²) in [6.45, 7) is 0. The lowest BCUT2D eigenvalue weighted by atomic mass is 11.3. The van der Waals surface area contributed by atoms with Crippen molar-refractivity contribution in [2.24, 2.45) is 0 Å². The second kappa shape index (κ2) is 2.82. The molecule has 9 heavy (non-hydrogen) atoms. The van der Waals surface area contributed by atoms with Crippen molar-refractivity contribution < 1.29 is 23.9 Å². The lowest BCUT2D eigenvalue weighted by Crippen LogP contribution is -2.17. The SMILES string of the molecule is COP(=O)(O)NC(=O)O. The Morgan fingerprint density at radius 3 is 2.33 bits per heavy atom. The van der Waals surface area contributed by atoms with Gasteiger partial charge in [0.1, 0.15) is 0 Å². The molecule has 0 bridgehead atoms. The first-order chi connectivity index (χ1) is 3.98. The lowest BCUT2D eigenvalue weighted by Gasteiger charge is -2.05. The molecule has 0 aliphatic carbocycles. The molecule has 0 aromatic carbocycles. The second-order valence-electron chi connectivity index (χ2n) is 1.12. The van der Waals surface area contributed by atoms with Crippen LogP contribution >= 0.6 is 7.75 Å². The molecule has 7 heteroatoms. The molecule has 0 aromatic rings. The number of hydrogen-bond donors (Lipinski definition) is 3. The average molecular weight is 155 g/mol. The van der Waals surface area contributed by atoms with E-state index in [1.807, 2.05) is 0 Å². The summed E-state index contributed by atoms with van der Waals surface area (Å²) in [6, 6.07) is 0. The summed E-state index contributed by atoms with van der Waals surface area (Å²) >= 11 is 0. The Bertz CT molecular complexity index is 155. The predicted molar refractivity (Wildman–Crippen MR) is 28.0 cm³/mol. The van der Waals surface area contributed by atoms with Crippen molar-refractivity contribution in [3.05, 3.63) is 0 Å². The Morgan fingerprint density at radius 2 is 2.22 bits per heavy atom. The maximum absolute atomic E-state index is 10.2. The maximum atomic E-state index is 10.2. The van der Waals surface area contributed by atoms with Crippen LogP contribution in [-0.2, 0) is 9.09 Å². The number of rotatable bonds is 2. The number of carbonyl (C=O) groups is 1. The molecule has 6 nitrogen and oxygen atoms in total. The summed E-state index contributed by atoms with van der Waals surface area (Å²) in [5.74, 6) is 0. The Balaban J connectivity index is 3.88. The molecule has 0 aliphatic rings. The third-order valence-electron chi connectivity index (χ3n) is 0.484. The fourth-order valence-corrected chi connectivity index (χ4v) is 0.500. The smallest absolute Gasteiger partial charge is 0.434 e. The zero-order valence-corrected chi connectivity index (χ0v) is 5.46. The highest BCUT2D eigenvalue weighted by Crippen LogP contribution is 2.34. The maximum Gasteiger partial charge on any atom is 0.434 e. The lowest BCUT2D eigenvalue weighted by molar-refractivity contribution is 0.196. The normalized spacial score (nSPS) is 16.2. The molecule has 3 N–H and O–H groups in total. The highest BCUT2D eigenvalue weighted by molar-refractivity contribution is 7.51. The van der Waals surface area contributed by atoms with Gasteiger partial charge in [0.2, 0.25) is 0 Å². The van der Waals surface area contributed by atoms with Crippen LogP contribution in [0.5, 0.6) is 0 Å². The van der Waals surface area contributed by atoms with Gasteiger partial charge >= 0.3 is 13.8 Å². The van der Waals surface area contributed by atoms with Crippen LogP contribution in [-0.4, -0.2) is 23.2 Å². The zero-order valence-electron chi connectivity index (χ0n) is 4.57. The fourth-order valence-electron chi connectivity index (χ4n) is 0.167. The van der Waals surface area contributed by atoms with Gasteiger partial charge in [-0.05, 0) is 0 Å². The minimum atomic E-state index is -4.08. The van der Waals surface area contributed by atoms with Crippen molar-refractivity contribution in [3.8, 4) is 0 Å². The van der Waals surface area contributed by atoms with E-state index in [1.54, 1.807) is 0 Å². The highest BCUT2D eigenvalue weighted by Gasteiger charge is 2.18. The van der Waals surface area contributed by atoms with Crippen molar-refractivity contribution in [2.45, 2.75) is 0 Å². The quantitative estimate of drug-likeness (QED) is 0.487. The monoisotopic (exact) mass is 155 g/mol. The molecule has 0 fully saturated rings. The van der Waals surface area contributed by atoms with E-state index < -0.39 is 13.8 Å². The molecular weight excluding hydrogens is 149 g/mol. The van der Waals surface area contributed by atoms with Gasteiger partial charge in [-0.2, -0.15) is 0 Å². The van der Waals surface area contributed by atoms with Gasteiger partial charge in [0.25, 0.3) is 0 Å². The van der Waals surface area contributed by atoms with E-state index in [1.165, 1.54) is 5.09 Å². The average Bonchev–Trinajstić information content (AvgIpc) is 1.63. The molecule has 0 aromatic heterocycles. The minimum Gasteiger partial charge on any atom is -0.465 e. The van der Waals surface area contributed by atoms with E-state index in [2.05, 4.69) is 4.52 Å². The van der Waals surface area contributed by atoms with Crippen LogP contribution in [0.1, 0.15) is 0 Å². The number of amides is 1. The van der Waals surface area contributed by atoms with Crippen molar-refractivity contribution in [2.75, 3.05) is 7.11 Å². The topological polar surface area (TPSA) is 95.9 Å². The fraction of sp³-hybridized carbons (Fsp3) is 0.500. The van der Waals surface area contributed by atoms with E-state index >= 15 is 0 Å². The summed E-state index contributed by atoms with van der Waals surface area (Å²) in [5.41, 5.74) is 0. The molecule has 0 rings (SSSR count). The van der Waals surface area contributed by atoms with E-state index in [-0.39, 0.29) is 0 Å². The summed E-state index contributed by atoms with van der Waals surface area (Å²) in [7, 11) is -3.15. The van der Waals surface area contributed by atoms with Gasteiger partial charge in [-0.3, -0.25) is 4.52 Å². The summed E-state index contributed by atoms with van der Waals surface area (Å²) in [5, 5.41) is 9.13. The molecule has 1 amide bonds. The van der Waals surface area contributed by atoms with Crippen LogP contribution in [0.25, 0.3) is 0 Å². The van der Waals surface area contributed by atoms with Crippen LogP contribution in [0, 0.1) is 0 Å². The van der Waals surface area contributed by atoms with Crippen LogP contribution < -0.4 is 5.09 Å². The molecule has 0 spiro atoms. The van der Waals surface area contributed by atoms with E-state index in [9.17, 15) is 9.36 Å². The predicted octanol–water partition coefficient (Wildman–Crippen LogP) is 0.000800. The molecular formula is C2H6NO5P. The third kappa shape index (κ3) is 3.96. The molecule has 0 saturated carbocycles. The number of hydrogen-bond acceptors (Lipinski definition) is 3. The van der Waals surface area contributed by atoms with Gasteiger partial charge in [-0.1, -0.05) is 0 Å². The van der Waals surface area contributed by atoms with Gasteiger partial charge in [0.15, 0.2) is 0 Å². The number of carboxylic acid groups (broad SMARTS) is 1. The molecule has 1 atom stereocenters. The molecule has 54 valence electrons. The Morgan fingerprint density at radius 1 is 1.78 bits per heavy atom. The second-order valence-corrected chi connectivity index (χ2v) is 2.75. The molecule has 0 aliphatic heterocycles.